The summed E-state index contributed by atoms with van der Waals surface area (Å²) >= 11 is 0. The summed E-state index contributed by atoms with van der Waals surface area (Å²) in [6.45, 7) is 0.932. The standard InChI is InChI=1S/C13H18N6O7S/c20-12(17-25-6-10-8-3-15-16-9(8)4-14-10)11-2-1-7-5-18(11)13(21)19(7)26-27(22,23)24/h3,7,10-11,14H,1-2,4-6H2,(H,15,16)(H,17,20)(H,22,23,24)/t7-,10-,11+/m1/s1. The zero-order chi connectivity index (χ0) is 19.2. The van der Waals surface area contributed by atoms with Gasteiger partial charge in [0.2, 0.25) is 0 Å². The van der Waals surface area contributed by atoms with Gasteiger partial charge in [-0.3, -0.25) is 19.3 Å². The van der Waals surface area contributed by atoms with Crippen LogP contribution in [-0.2, 0) is 30.9 Å². The first-order chi connectivity index (χ1) is 12.8. The molecule has 2 bridgehead atoms. The lowest BCUT2D eigenvalue weighted by Crippen LogP contribution is -2.50. The summed E-state index contributed by atoms with van der Waals surface area (Å²) in [5, 5.41) is 10.6. The Morgan fingerprint density at radius 3 is 3.04 bits per heavy atom. The molecule has 4 N–H and O–H groups in total. The van der Waals surface area contributed by atoms with Crippen LogP contribution in [0, 0.1) is 0 Å². The van der Waals surface area contributed by atoms with Crippen molar-refractivity contribution in [2.45, 2.75) is 37.5 Å². The molecule has 4 heterocycles. The minimum absolute atomic E-state index is 0.109. The topological polar surface area (TPSA) is 166 Å². The van der Waals surface area contributed by atoms with Gasteiger partial charge in [-0.1, -0.05) is 0 Å². The number of amides is 3. The van der Waals surface area contributed by atoms with Crippen LogP contribution in [0.2, 0.25) is 0 Å². The fraction of sp³-hybridized carbons (Fsp3) is 0.615. The maximum Gasteiger partial charge on any atom is 0.418 e. The highest BCUT2D eigenvalue weighted by Gasteiger charge is 2.49. The molecule has 27 heavy (non-hydrogen) atoms. The molecule has 0 aromatic carbocycles. The number of urea groups is 1. The fourth-order valence-corrected chi connectivity index (χ4v) is 4.00. The Morgan fingerprint density at radius 2 is 2.26 bits per heavy atom. The third kappa shape index (κ3) is 3.49. The molecule has 4 rings (SSSR count). The fourth-order valence-electron chi connectivity index (χ4n) is 3.62. The molecule has 0 spiro atoms. The van der Waals surface area contributed by atoms with Crippen LogP contribution >= 0.6 is 0 Å². The van der Waals surface area contributed by atoms with Crippen molar-refractivity contribution in [2.24, 2.45) is 0 Å². The molecule has 0 aliphatic carbocycles. The summed E-state index contributed by atoms with van der Waals surface area (Å²) < 4.78 is 34.9. The van der Waals surface area contributed by atoms with E-state index in [1.165, 1.54) is 4.90 Å². The minimum Gasteiger partial charge on any atom is -0.309 e. The van der Waals surface area contributed by atoms with Gasteiger partial charge in [0.1, 0.15) is 6.04 Å². The van der Waals surface area contributed by atoms with E-state index in [0.29, 0.717) is 24.4 Å². The Bertz CT molecular complexity index is 857. The molecule has 0 unspecified atom stereocenters. The van der Waals surface area contributed by atoms with Gasteiger partial charge in [-0.25, -0.2) is 10.3 Å². The third-order valence-corrected chi connectivity index (χ3v) is 5.22. The molecule has 2 fully saturated rings. The van der Waals surface area contributed by atoms with E-state index in [1.54, 1.807) is 6.20 Å². The third-order valence-electron chi connectivity index (χ3n) is 4.88. The molecule has 3 aliphatic rings. The Morgan fingerprint density at radius 1 is 1.44 bits per heavy atom. The minimum atomic E-state index is -4.82. The van der Waals surface area contributed by atoms with Crippen LogP contribution in [0.3, 0.4) is 0 Å². The number of fused-ring (bicyclic) bond motifs is 3. The second-order valence-corrected chi connectivity index (χ2v) is 7.53. The van der Waals surface area contributed by atoms with Gasteiger partial charge in [-0.2, -0.15) is 18.6 Å². The average Bonchev–Trinajstić information content (AvgIpc) is 3.27. The Kier molecular flexibility index (Phi) is 4.51. The molecule has 3 atom stereocenters. The van der Waals surface area contributed by atoms with Crippen LogP contribution in [-0.4, -0.2) is 70.3 Å². The number of rotatable bonds is 6. The van der Waals surface area contributed by atoms with E-state index in [4.69, 9.17) is 9.39 Å². The van der Waals surface area contributed by atoms with Crippen LogP contribution in [0.4, 0.5) is 4.79 Å². The molecule has 3 aliphatic heterocycles. The second-order valence-electron chi connectivity index (χ2n) is 6.52. The van der Waals surface area contributed by atoms with Gasteiger partial charge in [0, 0.05) is 18.7 Å². The predicted molar refractivity (Wildman–Crippen MR) is 85.6 cm³/mol. The van der Waals surface area contributed by atoms with Gasteiger partial charge >= 0.3 is 16.4 Å². The van der Waals surface area contributed by atoms with E-state index < -0.39 is 34.4 Å². The normalized spacial score (nSPS) is 27.1. The number of aromatic nitrogens is 2. The highest BCUT2D eigenvalue weighted by molar-refractivity contribution is 7.80. The maximum absolute atomic E-state index is 12.4. The highest BCUT2D eigenvalue weighted by Crippen LogP contribution is 2.30. The van der Waals surface area contributed by atoms with Crippen LogP contribution < -0.4 is 10.8 Å². The largest absolute Gasteiger partial charge is 0.418 e. The molecular weight excluding hydrogens is 384 g/mol. The van der Waals surface area contributed by atoms with Crippen molar-refractivity contribution in [1.82, 2.24) is 31.0 Å². The van der Waals surface area contributed by atoms with E-state index in [2.05, 4.69) is 25.3 Å². The first-order valence-corrected chi connectivity index (χ1v) is 9.64. The number of hydroxylamine groups is 3. The monoisotopic (exact) mass is 402 g/mol. The van der Waals surface area contributed by atoms with Crippen molar-refractivity contribution in [3.05, 3.63) is 17.5 Å². The Hall–Kier alpha value is -2.26. The zero-order valence-corrected chi connectivity index (χ0v) is 14.8. The molecule has 13 nitrogen and oxygen atoms in total. The zero-order valence-electron chi connectivity index (χ0n) is 14.0. The molecule has 3 amide bonds. The van der Waals surface area contributed by atoms with Crippen LogP contribution in [0.1, 0.15) is 30.1 Å². The summed E-state index contributed by atoms with van der Waals surface area (Å²) in [5.41, 5.74) is 4.28. The SMILES string of the molecule is O=C(NOC[C@H]1NCc2[nH]ncc21)[C@@H]1CC[C@@H]2CN1C(=O)N2OS(=O)(=O)O. The number of nitrogens with one attached hydrogen (secondary N) is 3. The molecule has 1 aromatic heterocycles. The number of nitrogens with zero attached hydrogens (tertiary/aromatic N) is 3. The number of H-pyrrole nitrogens is 1. The van der Waals surface area contributed by atoms with Crippen molar-refractivity contribution in [1.29, 1.82) is 0 Å². The molecule has 1 aromatic rings. The lowest BCUT2D eigenvalue weighted by Gasteiger charge is -2.29. The Balaban J connectivity index is 1.32. The van der Waals surface area contributed by atoms with Gasteiger partial charge in [-0.15, -0.1) is 4.28 Å². The number of hydrogen-bond acceptors (Lipinski definition) is 8. The van der Waals surface area contributed by atoms with Crippen molar-refractivity contribution < 1.29 is 31.7 Å². The van der Waals surface area contributed by atoms with E-state index in [-0.39, 0.29) is 19.2 Å². The number of aromatic amines is 1. The summed E-state index contributed by atoms with van der Waals surface area (Å²) in [7, 11) is -4.82. The van der Waals surface area contributed by atoms with Crippen molar-refractivity contribution in [3.63, 3.8) is 0 Å². The molecular formula is C13H18N6O7S. The van der Waals surface area contributed by atoms with Crippen molar-refractivity contribution in [3.8, 4) is 0 Å². The van der Waals surface area contributed by atoms with Gasteiger partial charge in [0.25, 0.3) is 5.91 Å². The van der Waals surface area contributed by atoms with Crippen LogP contribution in [0.5, 0.6) is 0 Å². The van der Waals surface area contributed by atoms with Crippen LogP contribution in [0.15, 0.2) is 6.20 Å². The van der Waals surface area contributed by atoms with Gasteiger partial charge in [-0.05, 0) is 12.8 Å². The number of carbonyl (C=O) groups excluding carboxylic acids is 2. The summed E-state index contributed by atoms with van der Waals surface area (Å²) in [4.78, 5) is 31.2. The highest BCUT2D eigenvalue weighted by atomic mass is 32.3. The molecule has 0 radical (unpaired) electrons. The van der Waals surface area contributed by atoms with Crippen LogP contribution in [0.25, 0.3) is 0 Å². The molecule has 148 valence electrons. The number of hydrogen-bond donors (Lipinski definition) is 4. The summed E-state index contributed by atoms with van der Waals surface area (Å²) in [5.74, 6) is -0.513. The van der Waals surface area contributed by atoms with Crippen molar-refractivity contribution in [2.75, 3.05) is 13.2 Å². The quantitative estimate of drug-likeness (QED) is 0.331. The Labute approximate surface area is 153 Å². The predicted octanol–water partition coefficient (Wildman–Crippen LogP) is -1.40. The average molecular weight is 402 g/mol. The van der Waals surface area contributed by atoms with E-state index in [1.807, 2.05) is 0 Å². The number of carbonyl (C=O) groups is 2. The van der Waals surface area contributed by atoms with Gasteiger partial charge in [0.15, 0.2) is 0 Å². The molecule has 14 heteroatoms. The van der Waals surface area contributed by atoms with E-state index in [0.717, 1.165) is 11.3 Å². The number of piperidine rings is 1. The lowest BCUT2D eigenvalue weighted by molar-refractivity contribution is -0.139. The second kappa shape index (κ2) is 6.72. The van der Waals surface area contributed by atoms with E-state index in [9.17, 15) is 18.0 Å². The molecule has 0 saturated carbocycles. The summed E-state index contributed by atoms with van der Waals surface area (Å²) in [6, 6.07) is -2.27. The van der Waals surface area contributed by atoms with Gasteiger partial charge in [0.05, 0.1) is 30.6 Å². The van der Waals surface area contributed by atoms with E-state index >= 15 is 0 Å². The first-order valence-electron chi connectivity index (χ1n) is 8.27. The van der Waals surface area contributed by atoms with Crippen molar-refractivity contribution >= 4 is 22.3 Å². The lowest BCUT2D eigenvalue weighted by atomic mass is 10.0. The smallest absolute Gasteiger partial charge is 0.309 e. The summed E-state index contributed by atoms with van der Waals surface area (Å²) in [6.07, 6.45) is 2.35. The molecule has 2 saturated heterocycles. The first kappa shape index (κ1) is 18.1. The van der Waals surface area contributed by atoms with Gasteiger partial charge < -0.3 is 10.2 Å². The maximum atomic E-state index is 12.4.